The third kappa shape index (κ3) is 37.8. The van der Waals surface area contributed by atoms with Crippen molar-refractivity contribution in [3.05, 3.63) is 186 Å². The van der Waals surface area contributed by atoms with Gasteiger partial charge < -0.3 is 0 Å². The lowest BCUT2D eigenvalue weighted by Crippen LogP contribution is -1.84. The molecule has 270 valence electrons. The first-order chi connectivity index (χ1) is 27.0. The molecule has 54 heavy (non-hydrogen) atoms. The van der Waals surface area contributed by atoms with Gasteiger partial charge in [0.25, 0.3) is 0 Å². The molecular weight excluding hydrogens is 696 g/mol. The van der Waals surface area contributed by atoms with Crippen molar-refractivity contribution in [2.24, 2.45) is 0 Å². The van der Waals surface area contributed by atoms with E-state index >= 15 is 0 Å². The summed E-state index contributed by atoms with van der Waals surface area (Å²) >= 11 is 0. The number of pyridine rings is 1. The SMILES string of the molecule is c1ccncc1.c1ccnnc1.c1cnccn1.c1cncnc1.c1cnncn1.c1cnnnc1.c1cnnnn1.c1ncncn1.c1nncnn1. The van der Waals surface area contributed by atoms with E-state index in [1.165, 1.54) is 62.9 Å². The third-order valence-electron chi connectivity index (χ3n) is 3.90. The smallest absolute Gasteiger partial charge is 0.160 e. The lowest BCUT2D eigenvalue weighted by atomic mass is 10.5. The van der Waals surface area contributed by atoms with E-state index in [1.807, 2.05) is 30.3 Å². The largest absolute Gasteiger partial charge is 0.265 e. The summed E-state index contributed by atoms with van der Waals surface area (Å²) in [6, 6.07) is 12.9. The van der Waals surface area contributed by atoms with E-state index in [1.54, 1.807) is 92.7 Å². The van der Waals surface area contributed by atoms with Crippen LogP contribution in [-0.4, -0.2) is 122 Å². The van der Waals surface area contributed by atoms with Crippen LogP contribution in [0.5, 0.6) is 0 Å². The summed E-state index contributed by atoms with van der Waals surface area (Å²) in [6.07, 6.45) is 35.7. The number of hydrogen-bond acceptors (Lipinski definition) is 24. The van der Waals surface area contributed by atoms with Crippen LogP contribution in [0.3, 0.4) is 0 Å². The minimum atomic E-state index is 1.28. The molecule has 0 fully saturated rings. The molecule has 24 heteroatoms. The average molecular weight is 727 g/mol. The van der Waals surface area contributed by atoms with E-state index in [0.717, 1.165) is 0 Å². The van der Waals surface area contributed by atoms with E-state index in [2.05, 4.69) is 122 Å². The van der Waals surface area contributed by atoms with Crippen LogP contribution in [-0.2, 0) is 0 Å². The lowest BCUT2D eigenvalue weighted by Gasteiger charge is -1.70. The zero-order valence-electron chi connectivity index (χ0n) is 28.1. The molecule has 9 aromatic rings. The fourth-order valence-electron chi connectivity index (χ4n) is 2.02. The van der Waals surface area contributed by atoms with Crippen molar-refractivity contribution in [2.75, 3.05) is 0 Å². The van der Waals surface area contributed by atoms with Gasteiger partial charge in [0.15, 0.2) is 12.7 Å². The maximum absolute atomic E-state index is 3.78. The highest BCUT2D eigenvalue weighted by molar-refractivity contribution is 4.88. The predicted molar refractivity (Wildman–Crippen MR) is 185 cm³/mol. The third-order valence-corrected chi connectivity index (χ3v) is 3.90. The minimum absolute atomic E-state index is 1.28. The average Bonchev–Trinajstić information content (AvgIpc) is 3.33. The summed E-state index contributed by atoms with van der Waals surface area (Å²) in [6.45, 7) is 0. The molecule has 9 aromatic heterocycles. The second kappa shape index (κ2) is 40.5. The van der Waals surface area contributed by atoms with Gasteiger partial charge in [-0.25, -0.2) is 29.9 Å². The molecule has 0 saturated heterocycles. The molecule has 0 saturated carbocycles. The normalized spacial score (nSPS) is 8.00. The standard InChI is InChI=1S/C5H5N.3C4H4N2.3C3H3N3.2C2H2N4/c1-2-4-6-5-3-1;1-2-6-4-3-5-1;1-2-5-4-6-3-1;1-2-4-6-5-3-1;1-4-2-6-3-5-1;1-2-5-6-3-4-1;1-2-4-6-5-3-1;1-3-5-2-6-4-1;1-2-4-6-5-3-1/h1-5H;3*1-4H;3*1-3H;2*1-2H. The summed E-state index contributed by atoms with van der Waals surface area (Å²) < 4.78 is 0. The van der Waals surface area contributed by atoms with Gasteiger partial charge in [0.1, 0.15) is 31.6 Å². The van der Waals surface area contributed by atoms with Crippen molar-refractivity contribution in [1.29, 1.82) is 0 Å². The maximum Gasteiger partial charge on any atom is 0.160 e. The van der Waals surface area contributed by atoms with Crippen molar-refractivity contribution in [2.45, 2.75) is 0 Å². The zero-order valence-corrected chi connectivity index (χ0v) is 28.1. The molecule has 0 aliphatic heterocycles. The molecular formula is C30H30N24. The summed E-state index contributed by atoms with van der Waals surface area (Å²) in [7, 11) is 0. The molecule has 0 aliphatic rings. The highest BCUT2D eigenvalue weighted by Crippen LogP contribution is 1.74. The van der Waals surface area contributed by atoms with E-state index in [9.17, 15) is 0 Å². The van der Waals surface area contributed by atoms with Gasteiger partial charge in [-0.05, 0) is 52.0 Å². The van der Waals surface area contributed by atoms with Gasteiger partial charge in [-0.2, -0.15) is 15.3 Å². The Bertz CT molecular complexity index is 1150. The van der Waals surface area contributed by atoms with Crippen LogP contribution in [0.15, 0.2) is 186 Å². The Hall–Kier alpha value is -8.70. The summed E-state index contributed by atoms with van der Waals surface area (Å²) in [5, 5.41) is 50.6. The topological polar surface area (TPSA) is 309 Å². The first-order valence-electron chi connectivity index (χ1n) is 14.5. The molecule has 0 bridgehead atoms. The first-order valence-corrected chi connectivity index (χ1v) is 14.5. The Morgan fingerprint density at radius 2 is 0.481 bits per heavy atom. The highest BCUT2D eigenvalue weighted by atomic mass is 15.4. The Labute approximate surface area is 307 Å². The summed E-state index contributed by atoms with van der Waals surface area (Å²) in [5.74, 6) is 0. The van der Waals surface area contributed by atoms with Crippen molar-refractivity contribution >= 4 is 0 Å². The molecule has 24 nitrogen and oxygen atoms in total. The molecule has 0 aromatic carbocycles. The lowest BCUT2D eigenvalue weighted by molar-refractivity contribution is 0.761. The number of rotatable bonds is 0. The van der Waals surface area contributed by atoms with Crippen LogP contribution in [0.25, 0.3) is 0 Å². The van der Waals surface area contributed by atoms with Crippen LogP contribution in [0.1, 0.15) is 0 Å². The first kappa shape index (κ1) is 43.3. The van der Waals surface area contributed by atoms with Crippen molar-refractivity contribution in [3.63, 3.8) is 0 Å². The van der Waals surface area contributed by atoms with Gasteiger partial charge in [-0.3, -0.25) is 15.0 Å². The molecule has 0 amide bonds. The second-order valence-electron chi connectivity index (χ2n) is 7.54. The van der Waals surface area contributed by atoms with Crippen LogP contribution in [0, 0.1) is 0 Å². The number of nitrogens with zero attached hydrogens (tertiary/aromatic N) is 24. The highest BCUT2D eigenvalue weighted by Gasteiger charge is 1.64. The van der Waals surface area contributed by atoms with Crippen LogP contribution < -0.4 is 0 Å². The number of hydrogen-bond donors (Lipinski definition) is 0. The molecule has 0 atom stereocenters. The van der Waals surface area contributed by atoms with Crippen LogP contribution in [0.2, 0.25) is 0 Å². The van der Waals surface area contributed by atoms with Gasteiger partial charge in [-0.15, -0.1) is 45.9 Å². The second-order valence-corrected chi connectivity index (χ2v) is 7.54. The molecule has 9 rings (SSSR count). The van der Waals surface area contributed by atoms with Gasteiger partial charge in [-0.1, -0.05) is 6.07 Å². The molecule has 0 N–H and O–H groups in total. The van der Waals surface area contributed by atoms with Crippen molar-refractivity contribution in [3.8, 4) is 0 Å². The molecule has 0 radical (unpaired) electrons. The van der Waals surface area contributed by atoms with E-state index in [4.69, 9.17) is 0 Å². The van der Waals surface area contributed by atoms with Gasteiger partial charge in [0.2, 0.25) is 0 Å². The fourth-order valence-corrected chi connectivity index (χ4v) is 2.02. The van der Waals surface area contributed by atoms with E-state index in [0.29, 0.717) is 0 Å². The van der Waals surface area contributed by atoms with Crippen LogP contribution >= 0.6 is 0 Å². The predicted octanol–water partition coefficient (Wildman–Crippen LogP) is 0.659. The molecule has 9 heterocycles. The zero-order chi connectivity index (χ0) is 38.2. The Morgan fingerprint density at radius 3 is 0.648 bits per heavy atom. The monoisotopic (exact) mass is 726 g/mol. The van der Waals surface area contributed by atoms with Crippen molar-refractivity contribution < 1.29 is 0 Å². The summed E-state index contributed by atoms with van der Waals surface area (Å²) in [5.41, 5.74) is 0. The fraction of sp³-hybridized carbons (Fsp3) is 0. The summed E-state index contributed by atoms with van der Waals surface area (Å²) in [4.78, 5) is 32.9. The maximum atomic E-state index is 3.78. The Balaban J connectivity index is 0.000000304. The van der Waals surface area contributed by atoms with E-state index < -0.39 is 0 Å². The Morgan fingerprint density at radius 1 is 0.148 bits per heavy atom. The quantitative estimate of drug-likeness (QED) is 0.207. The van der Waals surface area contributed by atoms with Gasteiger partial charge in [0.05, 0.1) is 31.0 Å². The van der Waals surface area contributed by atoms with Crippen LogP contribution in [0.4, 0.5) is 0 Å². The minimum Gasteiger partial charge on any atom is -0.265 e. The van der Waals surface area contributed by atoms with Gasteiger partial charge >= 0.3 is 0 Å². The van der Waals surface area contributed by atoms with Gasteiger partial charge in [0, 0.05) is 68.2 Å². The molecule has 0 aliphatic carbocycles. The Kier molecular flexibility index (Phi) is 32.5. The van der Waals surface area contributed by atoms with Crippen molar-refractivity contribution in [1.82, 2.24) is 122 Å². The van der Waals surface area contributed by atoms with E-state index in [-0.39, 0.29) is 0 Å². The molecule has 0 unspecified atom stereocenters. The molecule has 0 spiro atoms. The number of aromatic nitrogens is 24.